The highest BCUT2D eigenvalue weighted by Crippen LogP contribution is 2.50. The fraction of sp³-hybridized carbons (Fsp3) is 0.812. The summed E-state index contributed by atoms with van der Waals surface area (Å²) in [4.78, 5) is 12.1. The Labute approximate surface area is 117 Å². The van der Waals surface area contributed by atoms with E-state index in [4.69, 9.17) is 4.74 Å². The fourth-order valence-corrected chi connectivity index (χ4v) is 3.05. The van der Waals surface area contributed by atoms with Gasteiger partial charge in [0, 0.05) is 5.41 Å². The Kier molecular flexibility index (Phi) is 4.51. The van der Waals surface area contributed by atoms with Crippen molar-refractivity contribution in [1.82, 2.24) is 0 Å². The van der Waals surface area contributed by atoms with E-state index < -0.39 is 16.6 Å². The molecule has 110 valence electrons. The van der Waals surface area contributed by atoms with Crippen LogP contribution in [-0.2, 0) is 9.53 Å². The van der Waals surface area contributed by atoms with E-state index in [9.17, 15) is 9.90 Å². The van der Waals surface area contributed by atoms with Crippen LogP contribution in [0.2, 0.25) is 0 Å². The third kappa shape index (κ3) is 3.38. The first-order chi connectivity index (χ1) is 8.54. The zero-order valence-corrected chi connectivity index (χ0v) is 13.0. The molecule has 1 unspecified atom stereocenters. The Morgan fingerprint density at radius 2 is 2.11 bits per heavy atom. The molecule has 0 amide bonds. The van der Waals surface area contributed by atoms with Crippen LogP contribution in [0.1, 0.15) is 60.3 Å². The minimum Gasteiger partial charge on any atom is -0.460 e. The van der Waals surface area contributed by atoms with Crippen molar-refractivity contribution in [3.63, 3.8) is 0 Å². The van der Waals surface area contributed by atoms with Gasteiger partial charge >= 0.3 is 5.97 Å². The van der Waals surface area contributed by atoms with Crippen LogP contribution in [0.25, 0.3) is 0 Å². The first-order valence-electron chi connectivity index (χ1n) is 7.12. The number of carbonyl (C=O) groups excluding carboxylic acids is 1. The van der Waals surface area contributed by atoms with Gasteiger partial charge in [0.25, 0.3) is 0 Å². The second-order valence-electron chi connectivity index (χ2n) is 7.10. The van der Waals surface area contributed by atoms with E-state index in [1.807, 2.05) is 34.6 Å². The number of aliphatic hydroxyl groups is 1. The average Bonchev–Trinajstić information content (AvgIpc) is 2.23. The van der Waals surface area contributed by atoms with Gasteiger partial charge in [-0.2, -0.15) is 0 Å². The third-order valence-corrected chi connectivity index (χ3v) is 4.42. The van der Waals surface area contributed by atoms with E-state index in [2.05, 4.69) is 6.58 Å². The summed E-state index contributed by atoms with van der Waals surface area (Å²) in [5, 5.41) is 11.1. The van der Waals surface area contributed by atoms with Crippen molar-refractivity contribution in [2.75, 3.05) is 0 Å². The highest BCUT2D eigenvalue weighted by Gasteiger charge is 2.52. The molecule has 0 spiro atoms. The molecular weight excluding hydrogens is 240 g/mol. The molecule has 1 fully saturated rings. The van der Waals surface area contributed by atoms with Crippen LogP contribution in [0.15, 0.2) is 12.7 Å². The van der Waals surface area contributed by atoms with E-state index in [1.54, 1.807) is 6.08 Å². The number of rotatable bonds is 3. The van der Waals surface area contributed by atoms with Gasteiger partial charge in [0.05, 0.1) is 12.0 Å². The predicted octanol–water partition coefficient (Wildman–Crippen LogP) is 3.46. The van der Waals surface area contributed by atoms with Crippen molar-refractivity contribution >= 4 is 5.97 Å². The molecule has 19 heavy (non-hydrogen) atoms. The summed E-state index contributed by atoms with van der Waals surface area (Å²) in [6.45, 7) is 13.4. The van der Waals surface area contributed by atoms with Crippen LogP contribution in [0.3, 0.4) is 0 Å². The number of hydrogen-bond donors (Lipinski definition) is 1. The minimum atomic E-state index is -1.06. The second kappa shape index (κ2) is 5.28. The Bertz CT molecular complexity index is 355. The lowest BCUT2D eigenvalue weighted by molar-refractivity contribution is -0.175. The number of ether oxygens (including phenoxy) is 1. The van der Waals surface area contributed by atoms with Crippen LogP contribution >= 0.6 is 0 Å². The highest BCUT2D eigenvalue weighted by atomic mass is 16.6. The summed E-state index contributed by atoms with van der Waals surface area (Å²) in [6.07, 6.45) is 4.68. The van der Waals surface area contributed by atoms with Crippen LogP contribution in [0, 0.1) is 11.3 Å². The molecule has 1 rings (SSSR count). The van der Waals surface area contributed by atoms with Crippen molar-refractivity contribution in [3.8, 4) is 0 Å². The Balaban J connectivity index is 2.92. The predicted molar refractivity (Wildman–Crippen MR) is 76.7 cm³/mol. The van der Waals surface area contributed by atoms with Gasteiger partial charge < -0.3 is 9.84 Å². The lowest BCUT2D eigenvalue weighted by Gasteiger charge is -2.50. The molecular formula is C16H28O3. The average molecular weight is 268 g/mol. The number of esters is 1. The maximum atomic E-state index is 12.1. The Hall–Kier alpha value is -0.830. The smallest absolute Gasteiger partial charge is 0.309 e. The van der Waals surface area contributed by atoms with Gasteiger partial charge in [0.1, 0.15) is 5.60 Å². The van der Waals surface area contributed by atoms with E-state index in [-0.39, 0.29) is 18.3 Å². The first-order valence-corrected chi connectivity index (χ1v) is 7.12. The standard InChI is InChI=1S/C16H28O3/c1-7-15(6)10-8-9-12(2)16(15,18)11-13(17)19-14(3,4)5/h7,12,18H,1,8-11H2,2-6H3/t12-,15?,16-/m1/s1. The molecule has 1 saturated carbocycles. The van der Waals surface area contributed by atoms with Crippen LogP contribution in [0.5, 0.6) is 0 Å². The highest BCUT2D eigenvalue weighted by molar-refractivity contribution is 5.71. The zero-order chi connectivity index (χ0) is 14.9. The van der Waals surface area contributed by atoms with E-state index in [1.165, 1.54) is 0 Å². The fourth-order valence-electron chi connectivity index (χ4n) is 3.05. The number of carbonyl (C=O) groups is 1. The van der Waals surface area contributed by atoms with E-state index >= 15 is 0 Å². The summed E-state index contributed by atoms with van der Waals surface area (Å²) in [6, 6.07) is 0. The molecule has 0 aromatic carbocycles. The Morgan fingerprint density at radius 1 is 1.53 bits per heavy atom. The van der Waals surface area contributed by atoms with E-state index in [0.717, 1.165) is 19.3 Å². The summed E-state index contributed by atoms with van der Waals surface area (Å²) < 4.78 is 5.36. The molecule has 0 heterocycles. The summed E-state index contributed by atoms with van der Waals surface area (Å²) in [7, 11) is 0. The second-order valence-corrected chi connectivity index (χ2v) is 7.10. The molecule has 1 aliphatic rings. The largest absolute Gasteiger partial charge is 0.460 e. The molecule has 0 aliphatic heterocycles. The Morgan fingerprint density at radius 3 is 2.58 bits per heavy atom. The maximum Gasteiger partial charge on any atom is 0.309 e. The quantitative estimate of drug-likeness (QED) is 0.630. The van der Waals surface area contributed by atoms with Gasteiger partial charge in [-0.3, -0.25) is 4.79 Å². The van der Waals surface area contributed by atoms with Crippen LogP contribution in [0.4, 0.5) is 0 Å². The van der Waals surface area contributed by atoms with Gasteiger partial charge in [-0.25, -0.2) is 0 Å². The van der Waals surface area contributed by atoms with Gasteiger partial charge in [0.15, 0.2) is 0 Å². The normalized spacial score (nSPS) is 35.8. The molecule has 1 N–H and O–H groups in total. The molecule has 0 radical (unpaired) electrons. The monoisotopic (exact) mass is 268 g/mol. The van der Waals surface area contributed by atoms with Crippen molar-refractivity contribution in [2.24, 2.45) is 11.3 Å². The zero-order valence-electron chi connectivity index (χ0n) is 13.0. The summed E-state index contributed by atoms with van der Waals surface area (Å²) in [5.74, 6) is -0.270. The molecule has 3 nitrogen and oxygen atoms in total. The topological polar surface area (TPSA) is 46.5 Å². The lowest BCUT2D eigenvalue weighted by atomic mass is 9.58. The van der Waals surface area contributed by atoms with Crippen molar-refractivity contribution in [3.05, 3.63) is 12.7 Å². The summed E-state index contributed by atoms with van der Waals surface area (Å²) >= 11 is 0. The van der Waals surface area contributed by atoms with Gasteiger partial charge in [0.2, 0.25) is 0 Å². The van der Waals surface area contributed by atoms with Crippen molar-refractivity contribution < 1.29 is 14.6 Å². The maximum absolute atomic E-state index is 12.1. The molecule has 3 heteroatoms. The first kappa shape index (κ1) is 16.2. The van der Waals surface area contributed by atoms with Crippen molar-refractivity contribution in [1.29, 1.82) is 0 Å². The van der Waals surface area contributed by atoms with Crippen molar-refractivity contribution in [2.45, 2.75) is 71.5 Å². The molecule has 0 aromatic heterocycles. The van der Waals surface area contributed by atoms with Crippen LogP contribution in [-0.4, -0.2) is 22.3 Å². The van der Waals surface area contributed by atoms with E-state index in [0.29, 0.717) is 0 Å². The summed E-state index contributed by atoms with van der Waals surface area (Å²) in [5.41, 5.74) is -2.01. The van der Waals surface area contributed by atoms with Gasteiger partial charge in [-0.05, 0) is 39.5 Å². The SMILES string of the molecule is C=CC1(C)CCC[C@@H](C)[C@]1(O)CC(=O)OC(C)(C)C. The number of hydrogen-bond acceptors (Lipinski definition) is 3. The molecule has 0 saturated heterocycles. The molecule has 1 aliphatic carbocycles. The lowest BCUT2D eigenvalue weighted by Crippen LogP contribution is -2.54. The van der Waals surface area contributed by atoms with Gasteiger partial charge in [-0.15, -0.1) is 6.58 Å². The molecule has 0 aromatic rings. The third-order valence-electron chi connectivity index (χ3n) is 4.42. The van der Waals surface area contributed by atoms with Gasteiger partial charge in [-0.1, -0.05) is 26.3 Å². The van der Waals surface area contributed by atoms with Crippen LogP contribution < -0.4 is 0 Å². The minimum absolute atomic E-state index is 0.0357. The molecule has 0 bridgehead atoms. The molecule has 3 atom stereocenters.